The highest BCUT2D eigenvalue weighted by Crippen LogP contribution is 2.24. The van der Waals surface area contributed by atoms with E-state index in [2.05, 4.69) is 18.8 Å². The fraction of sp³-hybridized carbons (Fsp3) is 0.524. The van der Waals surface area contributed by atoms with Gasteiger partial charge in [0.1, 0.15) is 11.9 Å². The van der Waals surface area contributed by atoms with Crippen molar-refractivity contribution in [1.29, 1.82) is 0 Å². The molecule has 1 saturated heterocycles. The van der Waals surface area contributed by atoms with Crippen molar-refractivity contribution in [3.63, 3.8) is 0 Å². The number of imidazole rings is 1. The molecule has 0 bridgehead atoms. The molecule has 0 unspecified atom stereocenters. The van der Waals surface area contributed by atoms with Crippen LogP contribution in [0.4, 0.5) is 4.39 Å². The van der Waals surface area contributed by atoms with E-state index in [1.165, 1.54) is 6.07 Å². The van der Waals surface area contributed by atoms with Gasteiger partial charge in [-0.3, -0.25) is 4.79 Å². The molecule has 1 aromatic heterocycles. The van der Waals surface area contributed by atoms with Crippen LogP contribution in [-0.4, -0.2) is 40.1 Å². The Hall–Kier alpha value is -2.37. The number of amides is 1. The molecule has 2 heterocycles. The van der Waals surface area contributed by atoms with Gasteiger partial charge in [0, 0.05) is 37.3 Å². The third-order valence-electron chi connectivity index (χ3n) is 5.13. The monoisotopic (exact) mass is 373 g/mol. The van der Waals surface area contributed by atoms with E-state index in [-0.39, 0.29) is 35.4 Å². The summed E-state index contributed by atoms with van der Waals surface area (Å²) in [5.41, 5.74) is 0. The zero-order valence-electron chi connectivity index (χ0n) is 16.3. The average molecular weight is 373 g/mol. The molecule has 1 amide bonds. The van der Waals surface area contributed by atoms with Gasteiger partial charge in [0.15, 0.2) is 11.6 Å². The number of ether oxygens (including phenoxy) is 1. The molecule has 1 aliphatic rings. The molecule has 5 nitrogen and oxygen atoms in total. The lowest BCUT2D eigenvalue weighted by Gasteiger charge is -2.34. The molecule has 3 rings (SSSR count). The number of aromatic nitrogens is 2. The quantitative estimate of drug-likeness (QED) is 0.768. The third kappa shape index (κ3) is 4.49. The van der Waals surface area contributed by atoms with Crippen LogP contribution in [0.2, 0.25) is 0 Å². The van der Waals surface area contributed by atoms with Gasteiger partial charge in [0.2, 0.25) is 5.91 Å². The van der Waals surface area contributed by atoms with E-state index in [9.17, 15) is 9.18 Å². The summed E-state index contributed by atoms with van der Waals surface area (Å²) in [6.07, 6.45) is 5.54. The van der Waals surface area contributed by atoms with Crippen molar-refractivity contribution in [2.75, 3.05) is 19.7 Å². The fourth-order valence-corrected chi connectivity index (χ4v) is 3.65. The molecule has 0 aliphatic carbocycles. The van der Waals surface area contributed by atoms with Crippen LogP contribution in [0.3, 0.4) is 0 Å². The molecule has 0 saturated carbocycles. The van der Waals surface area contributed by atoms with Crippen LogP contribution in [0.5, 0.6) is 5.75 Å². The topological polar surface area (TPSA) is 47.4 Å². The van der Waals surface area contributed by atoms with Gasteiger partial charge >= 0.3 is 0 Å². The number of likely N-dealkylation sites (tertiary alicyclic amines) is 1. The summed E-state index contributed by atoms with van der Waals surface area (Å²) in [7, 11) is 0. The summed E-state index contributed by atoms with van der Waals surface area (Å²) in [6.45, 7) is 7.89. The second kappa shape index (κ2) is 8.55. The maximum absolute atomic E-state index is 13.7. The van der Waals surface area contributed by atoms with Crippen LogP contribution in [0.1, 0.15) is 51.4 Å². The Bertz CT molecular complexity index is 774. The van der Waals surface area contributed by atoms with E-state index in [1.807, 2.05) is 22.6 Å². The Morgan fingerprint density at radius 2 is 2.11 bits per heavy atom. The van der Waals surface area contributed by atoms with Gasteiger partial charge in [-0.05, 0) is 31.9 Å². The summed E-state index contributed by atoms with van der Waals surface area (Å²) >= 11 is 0. The molecule has 1 aromatic carbocycles. The number of nitrogens with zero attached hydrogens (tertiary/aromatic N) is 3. The number of halogens is 1. The summed E-state index contributed by atoms with van der Waals surface area (Å²) in [4.78, 5) is 19.3. The first-order valence-electron chi connectivity index (χ1n) is 9.66. The number of hydrogen-bond donors (Lipinski definition) is 0. The van der Waals surface area contributed by atoms with Crippen molar-refractivity contribution in [3.8, 4) is 5.75 Å². The van der Waals surface area contributed by atoms with E-state index >= 15 is 0 Å². The fourth-order valence-electron chi connectivity index (χ4n) is 3.65. The molecule has 27 heavy (non-hydrogen) atoms. The lowest BCUT2D eigenvalue weighted by molar-refractivity contribution is -0.136. The number of rotatable bonds is 6. The Morgan fingerprint density at radius 3 is 2.85 bits per heavy atom. The Balaban J connectivity index is 1.61. The highest BCUT2D eigenvalue weighted by molar-refractivity contribution is 5.80. The molecule has 0 spiro atoms. The Labute approximate surface area is 160 Å². The maximum atomic E-state index is 13.7. The molecule has 0 radical (unpaired) electrons. The summed E-state index contributed by atoms with van der Waals surface area (Å²) in [6, 6.07) is 6.15. The highest BCUT2D eigenvalue weighted by Gasteiger charge is 2.29. The average Bonchev–Trinajstić information content (AvgIpc) is 3.16. The number of carbonyl (C=O) groups excluding carboxylic acids is 1. The highest BCUT2D eigenvalue weighted by atomic mass is 19.1. The number of carbonyl (C=O) groups is 1. The zero-order valence-corrected chi connectivity index (χ0v) is 16.3. The Kier molecular flexibility index (Phi) is 6.14. The molecule has 1 fully saturated rings. The second-order valence-corrected chi connectivity index (χ2v) is 7.56. The van der Waals surface area contributed by atoms with Crippen LogP contribution in [0.15, 0.2) is 36.7 Å². The van der Waals surface area contributed by atoms with Crippen LogP contribution in [-0.2, 0) is 4.79 Å². The van der Waals surface area contributed by atoms with Gasteiger partial charge in [-0.1, -0.05) is 26.0 Å². The van der Waals surface area contributed by atoms with Gasteiger partial charge in [-0.2, -0.15) is 0 Å². The minimum atomic E-state index is -0.351. The van der Waals surface area contributed by atoms with Crippen molar-refractivity contribution in [3.05, 3.63) is 48.3 Å². The van der Waals surface area contributed by atoms with E-state index in [4.69, 9.17) is 4.74 Å². The van der Waals surface area contributed by atoms with Crippen molar-refractivity contribution in [2.24, 2.45) is 5.92 Å². The molecule has 2 aromatic rings. The smallest absolute Gasteiger partial charge is 0.245 e. The molecule has 6 heteroatoms. The van der Waals surface area contributed by atoms with Crippen molar-refractivity contribution >= 4 is 5.91 Å². The number of benzene rings is 1. The lowest BCUT2D eigenvalue weighted by Crippen LogP contribution is -2.44. The van der Waals surface area contributed by atoms with Gasteiger partial charge in [0.05, 0.1) is 6.61 Å². The second-order valence-electron chi connectivity index (χ2n) is 7.56. The van der Waals surface area contributed by atoms with Gasteiger partial charge in [0.25, 0.3) is 0 Å². The van der Waals surface area contributed by atoms with Crippen molar-refractivity contribution in [2.45, 2.75) is 45.6 Å². The first-order valence-corrected chi connectivity index (χ1v) is 9.66. The van der Waals surface area contributed by atoms with Crippen LogP contribution in [0.25, 0.3) is 0 Å². The standard InChI is InChI=1S/C21H28FN3O2/c1-15(2)20-23-10-12-25(20)16(3)21(26)24-11-6-7-17(13-24)14-27-19-9-5-4-8-18(19)22/h4-5,8-10,12,15-17H,6-7,11,13-14H2,1-3H3/t16-,17+/m1/s1. The summed E-state index contributed by atoms with van der Waals surface area (Å²) in [5.74, 6) is 1.42. The van der Waals surface area contributed by atoms with Crippen LogP contribution >= 0.6 is 0 Å². The summed E-state index contributed by atoms with van der Waals surface area (Å²) < 4.78 is 21.3. The van der Waals surface area contributed by atoms with Crippen LogP contribution < -0.4 is 4.74 Å². The molecule has 0 N–H and O–H groups in total. The maximum Gasteiger partial charge on any atom is 0.245 e. The SMILES string of the molecule is CC(C)c1nccn1[C@H](C)C(=O)N1CCC[C@H](COc2ccccc2F)C1. The number of piperidine rings is 1. The van der Waals surface area contributed by atoms with E-state index in [1.54, 1.807) is 24.4 Å². The first-order chi connectivity index (χ1) is 13.0. The molecular formula is C21H28FN3O2. The van der Waals surface area contributed by atoms with Gasteiger partial charge < -0.3 is 14.2 Å². The summed E-state index contributed by atoms with van der Waals surface area (Å²) in [5, 5.41) is 0. The van der Waals surface area contributed by atoms with E-state index in [0.717, 1.165) is 25.2 Å². The van der Waals surface area contributed by atoms with Gasteiger partial charge in [-0.15, -0.1) is 0 Å². The minimum Gasteiger partial charge on any atom is -0.490 e. The van der Waals surface area contributed by atoms with Crippen molar-refractivity contribution < 1.29 is 13.9 Å². The first kappa shape index (κ1) is 19.4. The molecule has 2 atom stereocenters. The lowest BCUT2D eigenvalue weighted by atomic mass is 9.98. The predicted molar refractivity (Wildman–Crippen MR) is 102 cm³/mol. The minimum absolute atomic E-state index is 0.102. The number of hydrogen-bond acceptors (Lipinski definition) is 3. The zero-order chi connectivity index (χ0) is 19.4. The molecular weight excluding hydrogens is 345 g/mol. The molecule has 146 valence electrons. The third-order valence-corrected chi connectivity index (χ3v) is 5.13. The Morgan fingerprint density at radius 1 is 1.33 bits per heavy atom. The van der Waals surface area contributed by atoms with Crippen molar-refractivity contribution in [1.82, 2.24) is 14.5 Å². The normalized spacial score (nSPS) is 18.6. The molecule has 1 aliphatic heterocycles. The number of para-hydroxylation sites is 1. The van der Waals surface area contributed by atoms with E-state index in [0.29, 0.717) is 13.2 Å². The van der Waals surface area contributed by atoms with Crippen LogP contribution in [0, 0.1) is 11.7 Å². The largest absolute Gasteiger partial charge is 0.490 e. The van der Waals surface area contributed by atoms with Gasteiger partial charge in [-0.25, -0.2) is 9.37 Å². The predicted octanol–water partition coefficient (Wildman–Crippen LogP) is 4.02. The van der Waals surface area contributed by atoms with E-state index < -0.39 is 0 Å².